The highest BCUT2D eigenvalue weighted by molar-refractivity contribution is 6.30. The summed E-state index contributed by atoms with van der Waals surface area (Å²) in [6.45, 7) is 1.30. The second-order valence-corrected chi connectivity index (χ2v) is 6.60. The number of benzene rings is 2. The highest BCUT2D eigenvalue weighted by Crippen LogP contribution is 2.38. The van der Waals surface area contributed by atoms with Crippen molar-refractivity contribution < 1.29 is 22.7 Å². The first kappa shape index (κ1) is 19.4. The molecule has 3 rings (SSSR count). The predicted molar refractivity (Wildman–Crippen MR) is 97.6 cm³/mol. The van der Waals surface area contributed by atoms with Gasteiger partial charge in [-0.15, -0.1) is 0 Å². The van der Waals surface area contributed by atoms with Crippen molar-refractivity contribution in [1.82, 2.24) is 4.90 Å². The van der Waals surface area contributed by atoms with Crippen LogP contribution in [0.3, 0.4) is 0 Å². The van der Waals surface area contributed by atoms with Crippen LogP contribution in [-0.2, 0) is 6.18 Å². The van der Waals surface area contributed by atoms with Crippen molar-refractivity contribution in [3.8, 4) is 5.75 Å². The second-order valence-electron chi connectivity index (χ2n) is 6.17. The Kier molecular flexibility index (Phi) is 5.51. The first-order chi connectivity index (χ1) is 12.8. The van der Waals surface area contributed by atoms with E-state index in [-0.39, 0.29) is 16.6 Å². The molecule has 8 heteroatoms. The molecule has 1 aliphatic heterocycles. The van der Waals surface area contributed by atoms with Crippen LogP contribution in [0.15, 0.2) is 42.5 Å². The lowest BCUT2D eigenvalue weighted by Crippen LogP contribution is -2.49. The summed E-state index contributed by atoms with van der Waals surface area (Å²) in [4.78, 5) is 15.9. The van der Waals surface area contributed by atoms with Crippen LogP contribution in [0, 0.1) is 0 Å². The average molecular weight is 399 g/mol. The number of ether oxygens (including phenoxy) is 1. The van der Waals surface area contributed by atoms with Crippen LogP contribution >= 0.6 is 11.6 Å². The molecule has 2 aromatic rings. The Morgan fingerprint density at radius 1 is 1.04 bits per heavy atom. The Labute approximate surface area is 160 Å². The van der Waals surface area contributed by atoms with Crippen molar-refractivity contribution in [3.05, 3.63) is 58.6 Å². The van der Waals surface area contributed by atoms with Gasteiger partial charge in [0.25, 0.3) is 5.91 Å². The molecule has 0 aliphatic carbocycles. The zero-order valence-corrected chi connectivity index (χ0v) is 15.3. The fourth-order valence-electron chi connectivity index (χ4n) is 3.08. The quantitative estimate of drug-likeness (QED) is 0.771. The molecular weight excluding hydrogens is 381 g/mol. The van der Waals surface area contributed by atoms with Crippen LogP contribution in [0.5, 0.6) is 5.75 Å². The summed E-state index contributed by atoms with van der Waals surface area (Å²) in [6.07, 6.45) is -4.49. The molecule has 27 heavy (non-hydrogen) atoms. The molecule has 1 saturated heterocycles. The van der Waals surface area contributed by atoms with Crippen molar-refractivity contribution in [2.75, 3.05) is 38.2 Å². The molecule has 1 heterocycles. The summed E-state index contributed by atoms with van der Waals surface area (Å²) in [5, 5.41) is 0.0411. The Hall–Kier alpha value is -2.41. The van der Waals surface area contributed by atoms with Crippen molar-refractivity contribution in [1.29, 1.82) is 0 Å². The molecule has 1 fully saturated rings. The van der Waals surface area contributed by atoms with E-state index >= 15 is 0 Å². The molecule has 1 amide bonds. The number of hydrogen-bond acceptors (Lipinski definition) is 3. The number of hydrogen-bond donors (Lipinski definition) is 0. The molecule has 0 N–H and O–H groups in total. The van der Waals surface area contributed by atoms with Gasteiger partial charge >= 0.3 is 6.18 Å². The number of carbonyl (C=O) groups excluding carboxylic acids is 1. The zero-order chi connectivity index (χ0) is 19.6. The Bertz CT molecular complexity index is 817. The maximum Gasteiger partial charge on any atom is 0.418 e. The van der Waals surface area contributed by atoms with E-state index in [0.717, 1.165) is 6.07 Å². The molecule has 0 spiro atoms. The summed E-state index contributed by atoms with van der Waals surface area (Å²) < 4.78 is 45.0. The summed E-state index contributed by atoms with van der Waals surface area (Å²) in [5.74, 6) is 0.503. The summed E-state index contributed by atoms with van der Waals surface area (Å²) in [5.41, 5.74) is -0.153. The van der Waals surface area contributed by atoms with Gasteiger partial charge in [0.1, 0.15) is 5.75 Å². The maximum atomic E-state index is 13.3. The number of methoxy groups -OCH3 is 1. The van der Waals surface area contributed by atoms with Gasteiger partial charge in [0.05, 0.1) is 12.7 Å². The van der Waals surface area contributed by atoms with E-state index in [1.807, 2.05) is 0 Å². The van der Waals surface area contributed by atoms with E-state index in [9.17, 15) is 18.0 Å². The van der Waals surface area contributed by atoms with Crippen LogP contribution in [0.4, 0.5) is 18.9 Å². The van der Waals surface area contributed by atoms with Gasteiger partial charge in [-0.05, 0) is 42.5 Å². The third-order valence-corrected chi connectivity index (χ3v) is 4.74. The Morgan fingerprint density at radius 3 is 2.22 bits per heavy atom. The number of amides is 1. The van der Waals surface area contributed by atoms with E-state index in [1.165, 1.54) is 12.1 Å². The van der Waals surface area contributed by atoms with Crippen molar-refractivity contribution in [2.24, 2.45) is 0 Å². The molecule has 0 radical (unpaired) electrons. The van der Waals surface area contributed by atoms with Gasteiger partial charge in [-0.1, -0.05) is 11.6 Å². The van der Waals surface area contributed by atoms with Gasteiger partial charge in [-0.3, -0.25) is 4.79 Å². The lowest BCUT2D eigenvalue weighted by molar-refractivity contribution is -0.137. The van der Waals surface area contributed by atoms with Crippen LogP contribution in [0.2, 0.25) is 5.02 Å². The fourth-order valence-corrected chi connectivity index (χ4v) is 3.25. The van der Waals surface area contributed by atoms with Gasteiger partial charge in [-0.2, -0.15) is 13.2 Å². The van der Waals surface area contributed by atoms with E-state index in [0.29, 0.717) is 37.5 Å². The predicted octanol–water partition coefficient (Wildman–Crippen LogP) is 4.33. The molecule has 0 atom stereocenters. The first-order valence-electron chi connectivity index (χ1n) is 8.34. The number of rotatable bonds is 3. The van der Waals surface area contributed by atoms with Crippen LogP contribution in [0.25, 0.3) is 0 Å². The van der Waals surface area contributed by atoms with Gasteiger partial charge in [0, 0.05) is 42.5 Å². The Morgan fingerprint density at radius 2 is 1.67 bits per heavy atom. The van der Waals surface area contributed by atoms with Crippen molar-refractivity contribution >= 4 is 23.2 Å². The summed E-state index contributed by atoms with van der Waals surface area (Å²) >= 11 is 5.74. The van der Waals surface area contributed by atoms with Crippen LogP contribution < -0.4 is 9.64 Å². The highest BCUT2D eigenvalue weighted by Gasteiger charge is 2.36. The Balaban J connectivity index is 1.71. The largest absolute Gasteiger partial charge is 0.497 e. The normalized spacial score (nSPS) is 15.0. The SMILES string of the molecule is COc1ccc(C(=O)N2CCN(c3ccc(Cl)cc3C(F)(F)F)CC2)cc1. The standard InChI is InChI=1S/C19H18ClF3N2O2/c1-27-15-5-2-13(3-6-15)18(26)25-10-8-24(9-11-25)17-7-4-14(20)12-16(17)19(21,22)23/h2-7,12H,8-11H2,1H3. The average Bonchev–Trinajstić information content (AvgIpc) is 2.67. The van der Waals surface area contributed by atoms with Gasteiger partial charge < -0.3 is 14.5 Å². The lowest BCUT2D eigenvalue weighted by Gasteiger charge is -2.37. The third kappa shape index (κ3) is 4.30. The second kappa shape index (κ2) is 7.68. The third-order valence-electron chi connectivity index (χ3n) is 4.51. The number of nitrogens with zero attached hydrogens (tertiary/aromatic N) is 2. The van der Waals surface area contributed by atoms with Crippen molar-refractivity contribution in [2.45, 2.75) is 6.18 Å². The molecule has 0 saturated carbocycles. The molecule has 0 unspecified atom stereocenters. The molecule has 2 aromatic carbocycles. The first-order valence-corrected chi connectivity index (χ1v) is 8.72. The van der Waals surface area contributed by atoms with Gasteiger partial charge in [0.2, 0.25) is 0 Å². The smallest absolute Gasteiger partial charge is 0.418 e. The van der Waals surface area contributed by atoms with E-state index in [2.05, 4.69) is 0 Å². The zero-order valence-electron chi connectivity index (χ0n) is 14.6. The monoisotopic (exact) mass is 398 g/mol. The minimum absolute atomic E-state index is 0.0411. The molecule has 4 nitrogen and oxygen atoms in total. The minimum Gasteiger partial charge on any atom is -0.497 e. The topological polar surface area (TPSA) is 32.8 Å². The number of alkyl halides is 3. The minimum atomic E-state index is -4.49. The molecular formula is C19H18ClF3N2O2. The number of halogens is 4. The van der Waals surface area contributed by atoms with Crippen molar-refractivity contribution in [3.63, 3.8) is 0 Å². The van der Waals surface area contributed by atoms with Gasteiger partial charge in [0.15, 0.2) is 0 Å². The number of carbonyl (C=O) groups is 1. The number of piperazine rings is 1. The molecule has 1 aliphatic rings. The van der Waals surface area contributed by atoms with E-state index in [4.69, 9.17) is 16.3 Å². The highest BCUT2D eigenvalue weighted by atomic mass is 35.5. The van der Waals surface area contributed by atoms with E-state index in [1.54, 1.807) is 41.2 Å². The molecule has 0 bridgehead atoms. The van der Waals surface area contributed by atoms with E-state index < -0.39 is 11.7 Å². The number of anilines is 1. The summed E-state index contributed by atoms with van der Waals surface area (Å²) in [7, 11) is 1.54. The summed E-state index contributed by atoms with van der Waals surface area (Å²) in [6, 6.07) is 10.5. The van der Waals surface area contributed by atoms with Gasteiger partial charge in [-0.25, -0.2) is 0 Å². The molecule has 0 aromatic heterocycles. The van der Waals surface area contributed by atoms with Crippen LogP contribution in [-0.4, -0.2) is 44.1 Å². The molecule has 144 valence electrons. The lowest BCUT2D eigenvalue weighted by atomic mass is 10.1. The fraction of sp³-hybridized carbons (Fsp3) is 0.316. The maximum absolute atomic E-state index is 13.3. The van der Waals surface area contributed by atoms with Crippen LogP contribution in [0.1, 0.15) is 15.9 Å².